The average molecular weight is 667 g/mol. The first-order valence-electron chi connectivity index (χ1n) is 14.9. The Balaban J connectivity index is 1.50. The molecule has 47 heavy (non-hydrogen) atoms. The molecule has 0 saturated heterocycles. The first-order chi connectivity index (χ1) is 22.9. The molecule has 1 atom stereocenters. The van der Waals surface area contributed by atoms with Crippen LogP contribution in [0.15, 0.2) is 112 Å². The fourth-order valence-electron chi connectivity index (χ4n) is 5.39. The Kier molecular flexibility index (Phi) is 9.56. The van der Waals surface area contributed by atoms with Crippen molar-refractivity contribution in [3.63, 3.8) is 0 Å². The van der Waals surface area contributed by atoms with E-state index in [1.165, 1.54) is 18.4 Å². The number of rotatable bonds is 10. The third-order valence-corrected chi connectivity index (χ3v) is 8.84. The minimum atomic E-state index is -0.805. The topological polar surface area (TPSA) is 88.4 Å². The summed E-state index contributed by atoms with van der Waals surface area (Å²) in [6.45, 7) is 2.22. The van der Waals surface area contributed by atoms with E-state index in [-0.39, 0.29) is 17.7 Å². The van der Waals surface area contributed by atoms with Crippen molar-refractivity contribution < 1.29 is 23.7 Å². The van der Waals surface area contributed by atoms with Crippen LogP contribution in [-0.4, -0.2) is 31.4 Å². The molecule has 0 spiro atoms. The molecule has 1 aliphatic rings. The number of ether oxygens (including phenoxy) is 4. The number of carbonyl (C=O) groups excluding carboxylic acids is 1. The highest BCUT2D eigenvalue weighted by Crippen LogP contribution is 2.38. The molecule has 6 rings (SSSR count). The Bertz CT molecular complexity index is 2120. The zero-order chi connectivity index (χ0) is 32.9. The largest absolute Gasteiger partial charge is 0.497 e. The summed E-state index contributed by atoms with van der Waals surface area (Å²) in [7, 11) is 3.12. The Hall–Kier alpha value is -5.12. The number of carbonyl (C=O) groups is 1. The molecule has 0 saturated carbocycles. The number of methoxy groups -OCH3 is 2. The van der Waals surface area contributed by atoms with E-state index in [1.807, 2.05) is 72.8 Å². The van der Waals surface area contributed by atoms with Crippen LogP contribution in [0.2, 0.25) is 5.02 Å². The van der Waals surface area contributed by atoms with Gasteiger partial charge in [-0.2, -0.15) is 0 Å². The van der Waals surface area contributed by atoms with E-state index in [0.717, 1.165) is 11.1 Å². The van der Waals surface area contributed by atoms with Crippen molar-refractivity contribution >= 4 is 40.7 Å². The van der Waals surface area contributed by atoms with E-state index in [0.29, 0.717) is 55.0 Å². The molecular weight excluding hydrogens is 636 g/mol. The summed E-state index contributed by atoms with van der Waals surface area (Å²) >= 11 is 7.91. The molecule has 0 unspecified atom stereocenters. The lowest BCUT2D eigenvalue weighted by Crippen LogP contribution is -2.40. The van der Waals surface area contributed by atoms with Gasteiger partial charge in [-0.1, -0.05) is 95.7 Å². The molecule has 0 aliphatic carbocycles. The zero-order valence-corrected chi connectivity index (χ0v) is 27.5. The maximum Gasteiger partial charge on any atom is 0.338 e. The summed E-state index contributed by atoms with van der Waals surface area (Å²) in [5, 5.41) is 0.339. The van der Waals surface area contributed by atoms with Gasteiger partial charge in [-0.15, -0.1) is 0 Å². The standard InChI is InChI=1S/C37H31ClN2O6S/c1-4-45-36(42)31-32(25-13-9-6-10-14-25)39-37-40(33(31)26-15-17-27(43-2)18-16-26)35(41)30(47-37)21-24-19-28(38)34(29(20-24)44-3)46-22-23-11-7-5-8-12-23/h5-21,33H,4,22H2,1-3H3/b30-21-/t33-/m1/s1. The van der Waals surface area contributed by atoms with Gasteiger partial charge in [0, 0.05) is 5.56 Å². The number of aromatic nitrogens is 1. The minimum Gasteiger partial charge on any atom is -0.497 e. The summed E-state index contributed by atoms with van der Waals surface area (Å²) in [4.78, 5) is 33.3. The van der Waals surface area contributed by atoms with Crippen LogP contribution >= 0.6 is 22.9 Å². The summed E-state index contributed by atoms with van der Waals surface area (Å²) in [6, 6.07) is 29.1. The first kappa shape index (κ1) is 31.8. The number of hydrogen-bond acceptors (Lipinski definition) is 8. The molecule has 0 N–H and O–H groups in total. The number of hydrogen-bond donors (Lipinski definition) is 0. The lowest BCUT2D eigenvalue weighted by molar-refractivity contribution is -0.138. The quantitative estimate of drug-likeness (QED) is 0.165. The highest BCUT2D eigenvalue weighted by atomic mass is 35.5. The zero-order valence-electron chi connectivity index (χ0n) is 25.9. The third kappa shape index (κ3) is 6.58. The molecule has 0 bridgehead atoms. The van der Waals surface area contributed by atoms with Gasteiger partial charge in [0.15, 0.2) is 16.3 Å². The number of fused-ring (bicyclic) bond motifs is 1. The number of benzene rings is 4. The van der Waals surface area contributed by atoms with E-state index in [9.17, 15) is 9.59 Å². The smallest absolute Gasteiger partial charge is 0.338 e. The van der Waals surface area contributed by atoms with Gasteiger partial charge in [0.25, 0.3) is 5.56 Å². The van der Waals surface area contributed by atoms with Gasteiger partial charge < -0.3 is 18.9 Å². The van der Waals surface area contributed by atoms with Gasteiger partial charge in [-0.05, 0) is 54.0 Å². The molecular formula is C37H31ClN2O6S. The van der Waals surface area contributed by atoms with Crippen molar-refractivity contribution in [1.82, 2.24) is 4.57 Å². The van der Waals surface area contributed by atoms with Gasteiger partial charge in [0.1, 0.15) is 12.4 Å². The highest BCUT2D eigenvalue weighted by molar-refractivity contribution is 7.07. The summed E-state index contributed by atoms with van der Waals surface area (Å²) in [5.74, 6) is 0.934. The maximum absolute atomic E-state index is 14.3. The van der Waals surface area contributed by atoms with Crippen molar-refractivity contribution in [3.8, 4) is 17.2 Å². The Morgan fingerprint density at radius 3 is 2.32 bits per heavy atom. The lowest BCUT2D eigenvalue weighted by Gasteiger charge is -2.26. The van der Waals surface area contributed by atoms with Crippen molar-refractivity contribution in [2.24, 2.45) is 4.99 Å². The van der Waals surface area contributed by atoms with Gasteiger partial charge in [0.2, 0.25) is 0 Å². The second kappa shape index (κ2) is 14.1. The monoisotopic (exact) mass is 666 g/mol. The molecule has 4 aromatic carbocycles. The molecule has 0 amide bonds. The van der Waals surface area contributed by atoms with Crippen LogP contribution in [0.1, 0.15) is 35.2 Å². The second-order valence-corrected chi connectivity index (χ2v) is 11.9. The van der Waals surface area contributed by atoms with Crippen LogP contribution in [0, 0.1) is 0 Å². The van der Waals surface area contributed by atoms with Crippen LogP contribution in [-0.2, 0) is 16.1 Å². The SMILES string of the molecule is CCOC(=O)C1=C(c2ccccc2)N=c2s/c(=C\c3cc(Cl)c(OCc4ccccc4)c(OC)c3)c(=O)n2[C@@H]1c1ccc(OC)cc1. The Morgan fingerprint density at radius 2 is 1.66 bits per heavy atom. The van der Waals surface area contributed by atoms with Crippen LogP contribution in [0.5, 0.6) is 17.2 Å². The van der Waals surface area contributed by atoms with Crippen molar-refractivity contribution in [2.75, 3.05) is 20.8 Å². The number of thiazole rings is 1. The van der Waals surface area contributed by atoms with Crippen molar-refractivity contribution in [3.05, 3.63) is 150 Å². The predicted octanol–water partition coefficient (Wildman–Crippen LogP) is 6.19. The molecule has 5 aromatic rings. The number of nitrogens with zero attached hydrogens (tertiary/aromatic N) is 2. The molecule has 1 aromatic heterocycles. The molecule has 0 fully saturated rings. The minimum absolute atomic E-state index is 0.164. The highest BCUT2D eigenvalue weighted by Gasteiger charge is 2.35. The molecule has 10 heteroatoms. The van der Waals surface area contributed by atoms with E-state index >= 15 is 0 Å². The van der Waals surface area contributed by atoms with Crippen LogP contribution < -0.4 is 29.1 Å². The van der Waals surface area contributed by atoms with E-state index in [2.05, 4.69) is 0 Å². The normalized spacial score (nSPS) is 14.3. The number of halogens is 1. The van der Waals surface area contributed by atoms with Crippen LogP contribution in [0.4, 0.5) is 0 Å². The third-order valence-electron chi connectivity index (χ3n) is 7.58. The van der Waals surface area contributed by atoms with Gasteiger partial charge in [-0.25, -0.2) is 9.79 Å². The Morgan fingerprint density at radius 1 is 0.957 bits per heavy atom. The van der Waals surface area contributed by atoms with Crippen LogP contribution in [0.25, 0.3) is 11.8 Å². The van der Waals surface area contributed by atoms with E-state index in [4.69, 9.17) is 35.5 Å². The van der Waals surface area contributed by atoms with Gasteiger partial charge in [-0.3, -0.25) is 9.36 Å². The molecule has 238 valence electrons. The van der Waals surface area contributed by atoms with Crippen molar-refractivity contribution in [1.29, 1.82) is 0 Å². The predicted molar refractivity (Wildman–Crippen MR) is 183 cm³/mol. The molecule has 1 aliphatic heterocycles. The summed E-state index contributed by atoms with van der Waals surface area (Å²) < 4.78 is 24.5. The Labute approximate surface area is 280 Å². The fraction of sp³-hybridized carbons (Fsp3) is 0.162. The summed E-state index contributed by atoms with van der Waals surface area (Å²) in [5.41, 5.74) is 3.46. The average Bonchev–Trinajstić information content (AvgIpc) is 3.41. The van der Waals surface area contributed by atoms with Gasteiger partial charge >= 0.3 is 5.97 Å². The fourth-order valence-corrected chi connectivity index (χ4v) is 6.66. The maximum atomic E-state index is 14.3. The lowest BCUT2D eigenvalue weighted by atomic mass is 9.93. The number of esters is 1. The van der Waals surface area contributed by atoms with Gasteiger partial charge in [0.05, 0.1) is 47.7 Å². The molecule has 0 radical (unpaired) electrons. The van der Waals surface area contributed by atoms with E-state index in [1.54, 1.807) is 48.9 Å². The van der Waals surface area contributed by atoms with Crippen LogP contribution in [0.3, 0.4) is 0 Å². The second-order valence-electron chi connectivity index (χ2n) is 10.5. The summed E-state index contributed by atoms with van der Waals surface area (Å²) in [6.07, 6.45) is 1.74. The molecule has 2 heterocycles. The van der Waals surface area contributed by atoms with E-state index < -0.39 is 12.0 Å². The first-order valence-corrected chi connectivity index (χ1v) is 16.1. The van der Waals surface area contributed by atoms with Crippen molar-refractivity contribution in [2.45, 2.75) is 19.6 Å². The molecule has 8 nitrogen and oxygen atoms in total.